The summed E-state index contributed by atoms with van der Waals surface area (Å²) in [7, 11) is 3.97. The van der Waals surface area contributed by atoms with Crippen LogP contribution in [-0.4, -0.2) is 31.8 Å². The Morgan fingerprint density at radius 1 is 1.44 bits per heavy atom. The maximum absolute atomic E-state index is 4.97. The van der Waals surface area contributed by atoms with Crippen LogP contribution >= 0.6 is 0 Å². The van der Waals surface area contributed by atoms with Crippen LogP contribution in [0.1, 0.15) is 12.8 Å². The van der Waals surface area contributed by atoms with Crippen molar-refractivity contribution in [2.75, 3.05) is 20.7 Å². The van der Waals surface area contributed by atoms with Gasteiger partial charge in [0.1, 0.15) is 6.23 Å². The van der Waals surface area contributed by atoms with E-state index in [0.717, 1.165) is 19.4 Å². The van der Waals surface area contributed by atoms with Gasteiger partial charge in [-0.1, -0.05) is 0 Å². The molecule has 1 atom stereocenters. The summed E-state index contributed by atoms with van der Waals surface area (Å²) in [5, 5.41) is 0. The van der Waals surface area contributed by atoms with Crippen molar-refractivity contribution in [3.63, 3.8) is 0 Å². The first-order valence-corrected chi connectivity index (χ1v) is 3.25. The van der Waals surface area contributed by atoms with Gasteiger partial charge in [0, 0.05) is 0 Å². The molecule has 0 saturated carbocycles. The molecular formula is C6H13NO2. The molecule has 1 unspecified atom stereocenters. The van der Waals surface area contributed by atoms with Gasteiger partial charge in [0.2, 0.25) is 0 Å². The van der Waals surface area contributed by atoms with Crippen molar-refractivity contribution in [3.8, 4) is 0 Å². The Labute approximate surface area is 55.5 Å². The summed E-state index contributed by atoms with van der Waals surface area (Å²) < 4.78 is 0. The molecule has 0 bridgehead atoms. The maximum atomic E-state index is 4.97. The molecule has 1 saturated heterocycles. The fourth-order valence-corrected chi connectivity index (χ4v) is 0.836. The Morgan fingerprint density at radius 3 is 2.56 bits per heavy atom. The van der Waals surface area contributed by atoms with Crippen LogP contribution in [0.2, 0.25) is 0 Å². The molecule has 1 rings (SSSR count). The lowest BCUT2D eigenvalue weighted by Gasteiger charge is -2.26. The second-order valence-electron chi connectivity index (χ2n) is 2.48. The number of hydrogen-bond donors (Lipinski definition) is 0. The Morgan fingerprint density at radius 2 is 2.22 bits per heavy atom. The predicted octanol–water partition coefficient (Wildman–Crippen LogP) is 0.616. The molecule has 0 spiro atoms. The van der Waals surface area contributed by atoms with Crippen LogP contribution in [-0.2, 0) is 9.78 Å². The number of rotatable bonds is 1. The van der Waals surface area contributed by atoms with Crippen molar-refractivity contribution in [2.45, 2.75) is 19.1 Å². The minimum Gasteiger partial charge on any atom is -0.282 e. The first-order valence-electron chi connectivity index (χ1n) is 3.25. The first-order chi connectivity index (χ1) is 4.30. The van der Waals surface area contributed by atoms with E-state index in [1.807, 2.05) is 19.0 Å². The zero-order valence-corrected chi connectivity index (χ0v) is 5.96. The number of hydrogen-bond acceptors (Lipinski definition) is 3. The fourth-order valence-electron chi connectivity index (χ4n) is 0.836. The third-order valence-corrected chi connectivity index (χ3v) is 1.43. The minimum absolute atomic E-state index is 0.166. The zero-order chi connectivity index (χ0) is 6.69. The summed E-state index contributed by atoms with van der Waals surface area (Å²) in [6.07, 6.45) is 2.34. The van der Waals surface area contributed by atoms with Gasteiger partial charge in [-0.05, 0) is 26.9 Å². The standard InChI is InChI=1S/C6H13NO2/c1-7(2)6-4-3-5-8-9-6/h6H,3-5H2,1-2H3. The smallest absolute Gasteiger partial charge is 0.145 e. The molecule has 54 valence electrons. The van der Waals surface area contributed by atoms with E-state index in [4.69, 9.17) is 9.78 Å². The molecule has 0 aromatic rings. The lowest BCUT2D eigenvalue weighted by molar-refractivity contribution is -0.368. The van der Waals surface area contributed by atoms with E-state index in [9.17, 15) is 0 Å². The van der Waals surface area contributed by atoms with Crippen molar-refractivity contribution < 1.29 is 9.78 Å². The largest absolute Gasteiger partial charge is 0.282 e. The molecule has 0 aromatic heterocycles. The van der Waals surface area contributed by atoms with E-state index >= 15 is 0 Å². The fraction of sp³-hybridized carbons (Fsp3) is 1.00. The van der Waals surface area contributed by atoms with Crippen LogP contribution < -0.4 is 0 Å². The third-order valence-electron chi connectivity index (χ3n) is 1.43. The second kappa shape index (κ2) is 3.15. The molecule has 0 radical (unpaired) electrons. The first kappa shape index (κ1) is 6.99. The Hall–Kier alpha value is -0.120. The van der Waals surface area contributed by atoms with Gasteiger partial charge in [-0.2, -0.15) is 0 Å². The molecule has 1 heterocycles. The maximum Gasteiger partial charge on any atom is 0.145 e. The van der Waals surface area contributed by atoms with Crippen molar-refractivity contribution in [3.05, 3.63) is 0 Å². The summed E-state index contributed by atoms with van der Waals surface area (Å²) in [4.78, 5) is 11.8. The van der Waals surface area contributed by atoms with Crippen LogP contribution in [0.3, 0.4) is 0 Å². The summed E-state index contributed by atoms with van der Waals surface area (Å²) >= 11 is 0. The van der Waals surface area contributed by atoms with E-state index in [-0.39, 0.29) is 6.23 Å². The average Bonchev–Trinajstić information content (AvgIpc) is 1.90. The van der Waals surface area contributed by atoms with Gasteiger partial charge in [-0.15, -0.1) is 0 Å². The molecule has 3 heteroatoms. The normalized spacial score (nSPS) is 29.0. The average molecular weight is 131 g/mol. The summed E-state index contributed by atoms with van der Waals surface area (Å²) in [6, 6.07) is 0. The topological polar surface area (TPSA) is 21.7 Å². The molecule has 1 aliphatic heterocycles. The van der Waals surface area contributed by atoms with Crippen molar-refractivity contribution in [1.29, 1.82) is 0 Å². The second-order valence-corrected chi connectivity index (χ2v) is 2.48. The Balaban J connectivity index is 2.23. The van der Waals surface area contributed by atoms with Crippen LogP contribution in [0.4, 0.5) is 0 Å². The highest BCUT2D eigenvalue weighted by Gasteiger charge is 2.16. The molecule has 0 aliphatic carbocycles. The highest BCUT2D eigenvalue weighted by molar-refractivity contribution is 4.54. The predicted molar refractivity (Wildman–Crippen MR) is 33.7 cm³/mol. The van der Waals surface area contributed by atoms with Gasteiger partial charge in [-0.3, -0.25) is 4.90 Å². The Kier molecular flexibility index (Phi) is 2.45. The van der Waals surface area contributed by atoms with Crippen molar-refractivity contribution in [1.82, 2.24) is 4.90 Å². The summed E-state index contributed by atoms with van der Waals surface area (Å²) in [5.41, 5.74) is 0. The Bertz CT molecular complexity index is 79.1. The molecule has 1 fully saturated rings. The van der Waals surface area contributed by atoms with Crippen LogP contribution in [0.15, 0.2) is 0 Å². The van der Waals surface area contributed by atoms with Gasteiger partial charge in [0.15, 0.2) is 0 Å². The van der Waals surface area contributed by atoms with E-state index in [2.05, 4.69) is 0 Å². The van der Waals surface area contributed by atoms with Gasteiger partial charge in [-0.25, -0.2) is 9.78 Å². The highest BCUT2D eigenvalue weighted by Crippen LogP contribution is 2.10. The van der Waals surface area contributed by atoms with Gasteiger partial charge in [0.25, 0.3) is 0 Å². The van der Waals surface area contributed by atoms with Gasteiger partial charge < -0.3 is 0 Å². The quantitative estimate of drug-likeness (QED) is 0.487. The lowest BCUT2D eigenvalue weighted by Crippen LogP contribution is -2.33. The lowest BCUT2D eigenvalue weighted by atomic mass is 10.3. The molecule has 0 aromatic carbocycles. The molecule has 9 heavy (non-hydrogen) atoms. The molecule has 1 aliphatic rings. The SMILES string of the molecule is CN(C)C1CCCOO1. The van der Waals surface area contributed by atoms with E-state index in [1.165, 1.54) is 0 Å². The molecular weight excluding hydrogens is 118 g/mol. The van der Waals surface area contributed by atoms with Crippen LogP contribution in [0.5, 0.6) is 0 Å². The molecule has 0 N–H and O–H groups in total. The molecule has 0 amide bonds. The van der Waals surface area contributed by atoms with Gasteiger partial charge >= 0.3 is 0 Å². The van der Waals surface area contributed by atoms with E-state index in [1.54, 1.807) is 0 Å². The summed E-state index contributed by atoms with van der Waals surface area (Å²) in [5.74, 6) is 0. The van der Waals surface area contributed by atoms with Crippen molar-refractivity contribution >= 4 is 0 Å². The van der Waals surface area contributed by atoms with E-state index in [0.29, 0.717) is 0 Å². The highest BCUT2D eigenvalue weighted by atomic mass is 17.2. The van der Waals surface area contributed by atoms with E-state index < -0.39 is 0 Å². The zero-order valence-electron chi connectivity index (χ0n) is 5.96. The number of nitrogens with zero attached hydrogens (tertiary/aromatic N) is 1. The van der Waals surface area contributed by atoms with Crippen LogP contribution in [0, 0.1) is 0 Å². The van der Waals surface area contributed by atoms with Crippen molar-refractivity contribution in [2.24, 2.45) is 0 Å². The third kappa shape index (κ3) is 1.93. The minimum atomic E-state index is 0.166. The monoisotopic (exact) mass is 131 g/mol. The summed E-state index contributed by atoms with van der Waals surface area (Å²) in [6.45, 7) is 0.740. The van der Waals surface area contributed by atoms with Crippen LogP contribution in [0.25, 0.3) is 0 Å². The molecule has 3 nitrogen and oxygen atoms in total. The van der Waals surface area contributed by atoms with Gasteiger partial charge in [0.05, 0.1) is 6.61 Å².